The highest BCUT2D eigenvalue weighted by atomic mass is 32.2. The predicted octanol–water partition coefficient (Wildman–Crippen LogP) is 2.17. The second-order valence-corrected chi connectivity index (χ2v) is 7.57. The van der Waals surface area contributed by atoms with Crippen LogP contribution >= 0.6 is 0 Å². The summed E-state index contributed by atoms with van der Waals surface area (Å²) in [4.78, 5) is 5.93. The van der Waals surface area contributed by atoms with Gasteiger partial charge in [-0.25, -0.2) is 22.1 Å². The van der Waals surface area contributed by atoms with Crippen LogP contribution in [0.3, 0.4) is 0 Å². The number of rotatable bonds is 2. The minimum Gasteiger partial charge on any atom is -0.300 e. The second kappa shape index (κ2) is 5.90. The lowest BCUT2D eigenvalue weighted by Crippen LogP contribution is -2.36. The molecule has 122 valence electrons. The first-order valence-electron chi connectivity index (χ1n) is 7.31. The Balaban J connectivity index is 2.13. The van der Waals surface area contributed by atoms with E-state index in [0.717, 1.165) is 5.56 Å². The molecule has 1 aliphatic heterocycles. The molecule has 2 heterocycles. The molecule has 0 saturated carbocycles. The quantitative estimate of drug-likeness (QED) is 0.844. The maximum atomic E-state index is 14.2. The Labute approximate surface area is 135 Å². The van der Waals surface area contributed by atoms with Gasteiger partial charge in [-0.1, -0.05) is 12.1 Å². The Bertz CT molecular complexity index is 839. The van der Waals surface area contributed by atoms with E-state index in [1.54, 1.807) is 25.3 Å². The number of anilines is 1. The molecule has 5 nitrogen and oxygen atoms in total. The summed E-state index contributed by atoms with van der Waals surface area (Å²) in [7, 11) is -2.08. The van der Waals surface area contributed by atoms with Crippen LogP contribution < -0.4 is 4.31 Å². The average molecular weight is 335 g/mol. The Morgan fingerprint density at radius 1 is 1.22 bits per heavy atom. The van der Waals surface area contributed by atoms with Gasteiger partial charge >= 0.3 is 0 Å². The van der Waals surface area contributed by atoms with E-state index in [9.17, 15) is 12.8 Å². The smallest absolute Gasteiger partial charge is 0.268 e. The highest BCUT2D eigenvalue weighted by molar-refractivity contribution is 7.92. The van der Waals surface area contributed by atoms with Gasteiger partial charge in [0.1, 0.15) is 16.5 Å². The molecule has 23 heavy (non-hydrogen) atoms. The lowest BCUT2D eigenvalue weighted by molar-refractivity contribution is 0.344. The van der Waals surface area contributed by atoms with Gasteiger partial charge < -0.3 is 4.90 Å². The van der Waals surface area contributed by atoms with Crippen LogP contribution in [0.2, 0.25) is 0 Å². The van der Waals surface area contributed by atoms with Crippen molar-refractivity contribution in [2.45, 2.75) is 18.4 Å². The van der Waals surface area contributed by atoms with Crippen molar-refractivity contribution in [3.05, 3.63) is 53.5 Å². The summed E-state index contributed by atoms with van der Waals surface area (Å²) < 4.78 is 41.4. The van der Waals surface area contributed by atoms with Crippen LogP contribution in [-0.4, -0.2) is 38.4 Å². The Morgan fingerprint density at radius 3 is 2.74 bits per heavy atom. The number of pyridine rings is 1. The summed E-state index contributed by atoms with van der Waals surface area (Å²) >= 11 is 0. The van der Waals surface area contributed by atoms with Crippen LogP contribution in [0.4, 0.5) is 10.2 Å². The number of halogens is 1. The van der Waals surface area contributed by atoms with Crippen molar-refractivity contribution in [3.63, 3.8) is 0 Å². The molecule has 0 aliphatic carbocycles. The number of likely N-dealkylation sites (N-methyl/N-ethyl adjacent to an activating group) is 1. The molecule has 7 heteroatoms. The zero-order valence-corrected chi connectivity index (χ0v) is 13.8. The maximum Gasteiger partial charge on any atom is 0.268 e. The van der Waals surface area contributed by atoms with Crippen LogP contribution in [0.15, 0.2) is 41.4 Å². The average Bonchev–Trinajstić information content (AvgIpc) is 2.65. The van der Waals surface area contributed by atoms with Crippen molar-refractivity contribution in [3.8, 4) is 0 Å². The molecule has 0 fully saturated rings. The van der Waals surface area contributed by atoms with Crippen molar-refractivity contribution >= 4 is 15.8 Å². The molecule has 0 amide bonds. The maximum absolute atomic E-state index is 14.2. The van der Waals surface area contributed by atoms with Crippen molar-refractivity contribution in [1.29, 1.82) is 0 Å². The molecule has 2 aromatic rings. The third-order valence-electron chi connectivity index (χ3n) is 3.88. The van der Waals surface area contributed by atoms with Crippen molar-refractivity contribution in [2.24, 2.45) is 0 Å². The van der Waals surface area contributed by atoms with E-state index < -0.39 is 15.8 Å². The largest absolute Gasteiger partial charge is 0.300 e. The first-order chi connectivity index (χ1) is 10.9. The SMILES string of the molecule is Cc1ccc(S(=O)(=O)N2CCN(C)Cc3cccnc32)c(F)c1. The number of aromatic nitrogens is 1. The van der Waals surface area contributed by atoms with Gasteiger partial charge in [0, 0.05) is 31.4 Å². The summed E-state index contributed by atoms with van der Waals surface area (Å²) in [6.45, 7) is 3.10. The van der Waals surface area contributed by atoms with Crippen LogP contribution in [0.1, 0.15) is 11.1 Å². The van der Waals surface area contributed by atoms with E-state index in [-0.39, 0.29) is 11.4 Å². The van der Waals surface area contributed by atoms with E-state index >= 15 is 0 Å². The van der Waals surface area contributed by atoms with Gasteiger partial charge in [-0.2, -0.15) is 0 Å². The van der Waals surface area contributed by atoms with E-state index in [1.165, 1.54) is 16.4 Å². The van der Waals surface area contributed by atoms with Gasteiger partial charge in [0.15, 0.2) is 0 Å². The van der Waals surface area contributed by atoms with E-state index in [2.05, 4.69) is 4.98 Å². The molecule has 1 aromatic heterocycles. The van der Waals surface area contributed by atoms with Crippen molar-refractivity contribution < 1.29 is 12.8 Å². The van der Waals surface area contributed by atoms with E-state index in [0.29, 0.717) is 24.5 Å². The number of hydrogen-bond donors (Lipinski definition) is 0. The molecule has 1 aromatic carbocycles. The fourth-order valence-electron chi connectivity index (χ4n) is 2.68. The molecular weight excluding hydrogens is 317 g/mol. The second-order valence-electron chi connectivity index (χ2n) is 5.73. The lowest BCUT2D eigenvalue weighted by atomic mass is 10.2. The summed E-state index contributed by atoms with van der Waals surface area (Å²) in [6.07, 6.45) is 1.55. The van der Waals surface area contributed by atoms with Gasteiger partial charge in [-0.05, 0) is 37.7 Å². The molecule has 0 unspecified atom stereocenters. The topological polar surface area (TPSA) is 53.5 Å². The lowest BCUT2D eigenvalue weighted by Gasteiger charge is -2.23. The Hall–Kier alpha value is -1.99. The van der Waals surface area contributed by atoms with Crippen molar-refractivity contribution in [1.82, 2.24) is 9.88 Å². The van der Waals surface area contributed by atoms with Gasteiger partial charge in [0.05, 0.1) is 0 Å². The number of hydrogen-bond acceptors (Lipinski definition) is 4. The molecular formula is C16H18FN3O2S. The van der Waals surface area contributed by atoms with E-state index in [1.807, 2.05) is 18.0 Å². The summed E-state index contributed by atoms with van der Waals surface area (Å²) in [6, 6.07) is 7.76. The van der Waals surface area contributed by atoms with Crippen LogP contribution in [0.5, 0.6) is 0 Å². The predicted molar refractivity (Wildman–Crippen MR) is 86.2 cm³/mol. The molecule has 1 aliphatic rings. The first kappa shape index (κ1) is 15.9. The number of benzene rings is 1. The van der Waals surface area contributed by atoms with Gasteiger partial charge in [-0.3, -0.25) is 0 Å². The third kappa shape index (κ3) is 2.94. The fourth-order valence-corrected chi connectivity index (χ4v) is 4.18. The normalized spacial score (nSPS) is 16.0. The molecule has 0 atom stereocenters. The highest BCUT2D eigenvalue weighted by Gasteiger charge is 2.32. The Morgan fingerprint density at radius 2 is 2.00 bits per heavy atom. The molecule has 0 N–H and O–H groups in total. The zero-order valence-electron chi connectivity index (χ0n) is 13.0. The van der Waals surface area contributed by atoms with E-state index in [4.69, 9.17) is 0 Å². The minimum absolute atomic E-state index is 0.232. The first-order valence-corrected chi connectivity index (χ1v) is 8.75. The van der Waals surface area contributed by atoms with Crippen molar-refractivity contribution in [2.75, 3.05) is 24.4 Å². The molecule has 3 rings (SSSR count). The summed E-state index contributed by atoms with van der Waals surface area (Å²) in [5, 5.41) is 0. The Kier molecular flexibility index (Phi) is 4.08. The fraction of sp³-hybridized carbons (Fsp3) is 0.312. The van der Waals surface area contributed by atoms with Gasteiger partial charge in [0.2, 0.25) is 0 Å². The molecule has 0 spiro atoms. The van der Waals surface area contributed by atoms with Gasteiger partial charge in [0.25, 0.3) is 10.0 Å². The standard InChI is InChI=1S/C16H18FN3O2S/c1-12-5-6-15(14(17)10-12)23(21,22)20-9-8-19(2)11-13-4-3-7-18-16(13)20/h3-7,10H,8-9,11H2,1-2H3. The van der Waals surface area contributed by atoms with Crippen LogP contribution in [0.25, 0.3) is 0 Å². The van der Waals surface area contributed by atoms with Gasteiger partial charge in [-0.15, -0.1) is 0 Å². The molecule has 0 bridgehead atoms. The molecule has 0 radical (unpaired) electrons. The number of sulfonamides is 1. The number of fused-ring (bicyclic) bond motifs is 1. The summed E-state index contributed by atoms with van der Waals surface area (Å²) in [5.74, 6) is -0.364. The highest BCUT2D eigenvalue weighted by Crippen LogP contribution is 2.29. The van der Waals surface area contributed by atoms with Crippen LogP contribution in [0, 0.1) is 12.7 Å². The number of nitrogens with zero attached hydrogens (tertiary/aromatic N) is 3. The zero-order chi connectivity index (χ0) is 16.6. The third-order valence-corrected chi connectivity index (χ3v) is 5.71. The number of aryl methyl sites for hydroxylation is 1. The van der Waals surface area contributed by atoms with Crippen LogP contribution in [-0.2, 0) is 16.6 Å². The minimum atomic E-state index is -4.00. The summed E-state index contributed by atoms with van der Waals surface area (Å²) in [5.41, 5.74) is 1.49. The molecule has 0 saturated heterocycles. The monoisotopic (exact) mass is 335 g/mol.